The Hall–Kier alpha value is -1.83. The number of nitrogens with zero attached hydrogens (tertiary/aromatic N) is 6. The highest BCUT2D eigenvalue weighted by molar-refractivity contribution is 7.99. The van der Waals surface area contributed by atoms with Crippen molar-refractivity contribution in [3.05, 3.63) is 24.8 Å². The number of rotatable bonds is 6. The number of aromatic nitrogens is 5. The first-order chi connectivity index (χ1) is 11.2. The lowest BCUT2D eigenvalue weighted by molar-refractivity contribution is -0.132. The number of likely N-dealkylation sites (tertiary alicyclic amines) is 1. The average molecular weight is 334 g/mol. The van der Waals surface area contributed by atoms with Crippen LogP contribution in [-0.2, 0) is 18.4 Å². The highest BCUT2D eigenvalue weighted by Crippen LogP contribution is 2.22. The Kier molecular flexibility index (Phi) is 5.32. The molecular weight excluding hydrogens is 312 g/mol. The van der Waals surface area contributed by atoms with Crippen molar-refractivity contribution in [3.63, 3.8) is 0 Å². The van der Waals surface area contributed by atoms with Crippen LogP contribution < -0.4 is 0 Å². The van der Waals surface area contributed by atoms with Crippen LogP contribution in [0.4, 0.5) is 0 Å². The largest absolute Gasteiger partial charge is 0.339 e. The summed E-state index contributed by atoms with van der Waals surface area (Å²) in [6, 6.07) is 2.25. The van der Waals surface area contributed by atoms with E-state index in [0.717, 1.165) is 37.5 Å². The predicted molar refractivity (Wildman–Crippen MR) is 87.9 cm³/mol. The highest BCUT2D eigenvalue weighted by Gasteiger charge is 2.26. The van der Waals surface area contributed by atoms with E-state index in [1.54, 1.807) is 12.5 Å². The SMILES string of the molecule is Cn1cnnc1SCC(=O)N1CCCC[C@H]1CCn1cccn1. The minimum atomic E-state index is 0.197. The van der Waals surface area contributed by atoms with Crippen LogP contribution in [0.25, 0.3) is 0 Å². The number of carbonyl (C=O) groups is 1. The lowest BCUT2D eigenvalue weighted by Gasteiger charge is -2.36. The van der Waals surface area contributed by atoms with Gasteiger partial charge in [0, 0.05) is 38.6 Å². The van der Waals surface area contributed by atoms with Crippen molar-refractivity contribution in [2.45, 2.75) is 43.4 Å². The summed E-state index contributed by atoms with van der Waals surface area (Å²) in [6.45, 7) is 1.72. The Labute approximate surface area is 140 Å². The molecule has 1 aliphatic rings. The molecule has 8 heteroatoms. The van der Waals surface area contributed by atoms with Gasteiger partial charge in [0.15, 0.2) is 5.16 Å². The topological polar surface area (TPSA) is 68.8 Å². The van der Waals surface area contributed by atoms with Crippen LogP contribution in [0.5, 0.6) is 0 Å². The maximum absolute atomic E-state index is 12.6. The van der Waals surface area contributed by atoms with E-state index >= 15 is 0 Å². The minimum absolute atomic E-state index is 0.197. The number of aryl methyl sites for hydroxylation is 2. The van der Waals surface area contributed by atoms with Gasteiger partial charge >= 0.3 is 0 Å². The summed E-state index contributed by atoms with van der Waals surface area (Å²) in [6.07, 6.45) is 9.76. The number of piperidine rings is 1. The standard InChI is InChI=1S/C15H22N6OS/c1-19-12-16-18-15(19)23-11-14(22)21-9-3-2-5-13(21)6-10-20-8-4-7-17-20/h4,7-8,12-13H,2-3,5-6,9-11H2,1H3/t13-/m0/s1. The molecule has 1 saturated heterocycles. The Morgan fingerprint density at radius 1 is 1.43 bits per heavy atom. The molecule has 2 aromatic rings. The monoisotopic (exact) mass is 334 g/mol. The predicted octanol–water partition coefficient (Wildman–Crippen LogP) is 1.58. The fourth-order valence-electron chi connectivity index (χ4n) is 2.96. The van der Waals surface area contributed by atoms with Gasteiger partial charge in [-0.25, -0.2) is 0 Å². The summed E-state index contributed by atoms with van der Waals surface area (Å²) in [7, 11) is 1.89. The maximum atomic E-state index is 12.6. The molecule has 0 spiro atoms. The van der Waals surface area contributed by atoms with Crippen molar-refractivity contribution in [1.82, 2.24) is 29.4 Å². The highest BCUT2D eigenvalue weighted by atomic mass is 32.2. The summed E-state index contributed by atoms with van der Waals surface area (Å²) in [4.78, 5) is 14.7. The molecule has 0 N–H and O–H groups in total. The van der Waals surface area contributed by atoms with Crippen LogP contribution in [0, 0.1) is 0 Å². The number of carbonyl (C=O) groups excluding carboxylic acids is 1. The van der Waals surface area contributed by atoms with Gasteiger partial charge in [0.2, 0.25) is 5.91 Å². The first-order valence-corrected chi connectivity index (χ1v) is 8.96. The van der Waals surface area contributed by atoms with E-state index in [2.05, 4.69) is 20.2 Å². The van der Waals surface area contributed by atoms with Crippen LogP contribution in [0.1, 0.15) is 25.7 Å². The molecule has 124 valence electrons. The van der Waals surface area contributed by atoms with Gasteiger partial charge in [0.1, 0.15) is 6.33 Å². The van der Waals surface area contributed by atoms with Gasteiger partial charge < -0.3 is 9.47 Å². The molecule has 1 atom stereocenters. The van der Waals surface area contributed by atoms with Crippen molar-refractivity contribution in [3.8, 4) is 0 Å². The van der Waals surface area contributed by atoms with E-state index in [4.69, 9.17) is 0 Å². The summed E-state index contributed by atoms with van der Waals surface area (Å²) >= 11 is 1.45. The molecule has 0 unspecified atom stereocenters. The molecule has 1 fully saturated rings. The lowest BCUT2D eigenvalue weighted by Crippen LogP contribution is -2.45. The molecule has 1 amide bonds. The molecule has 2 aromatic heterocycles. The fraction of sp³-hybridized carbons (Fsp3) is 0.600. The molecule has 0 aliphatic carbocycles. The van der Waals surface area contributed by atoms with Gasteiger partial charge in [-0.05, 0) is 31.7 Å². The lowest BCUT2D eigenvalue weighted by atomic mass is 9.99. The van der Waals surface area contributed by atoms with Crippen LogP contribution in [0.2, 0.25) is 0 Å². The number of thioether (sulfide) groups is 1. The number of amides is 1. The van der Waals surface area contributed by atoms with Gasteiger partial charge in [0.25, 0.3) is 0 Å². The van der Waals surface area contributed by atoms with E-state index in [9.17, 15) is 4.79 Å². The Morgan fingerprint density at radius 2 is 2.35 bits per heavy atom. The van der Waals surface area contributed by atoms with Gasteiger partial charge in [-0.1, -0.05) is 11.8 Å². The van der Waals surface area contributed by atoms with Crippen LogP contribution >= 0.6 is 11.8 Å². The van der Waals surface area contributed by atoms with E-state index in [-0.39, 0.29) is 5.91 Å². The maximum Gasteiger partial charge on any atom is 0.233 e. The number of hydrogen-bond donors (Lipinski definition) is 0. The van der Waals surface area contributed by atoms with Crippen molar-refractivity contribution < 1.29 is 4.79 Å². The molecule has 23 heavy (non-hydrogen) atoms. The molecule has 0 aromatic carbocycles. The third-order valence-electron chi connectivity index (χ3n) is 4.19. The summed E-state index contributed by atoms with van der Waals surface area (Å²) in [5.74, 6) is 0.619. The van der Waals surface area contributed by atoms with Gasteiger partial charge in [0.05, 0.1) is 5.75 Å². The van der Waals surface area contributed by atoms with E-state index < -0.39 is 0 Å². The molecule has 3 heterocycles. The zero-order valence-electron chi connectivity index (χ0n) is 13.3. The second kappa shape index (κ2) is 7.63. The zero-order chi connectivity index (χ0) is 16.1. The first kappa shape index (κ1) is 16.0. The quantitative estimate of drug-likeness (QED) is 0.750. The van der Waals surface area contributed by atoms with Gasteiger partial charge in [-0.2, -0.15) is 5.10 Å². The van der Waals surface area contributed by atoms with Crippen LogP contribution in [0.15, 0.2) is 29.9 Å². The Balaban J connectivity index is 1.54. The molecule has 3 rings (SSSR count). The first-order valence-electron chi connectivity index (χ1n) is 7.98. The van der Waals surface area contributed by atoms with Crippen LogP contribution in [-0.4, -0.2) is 53.7 Å². The Bertz CT molecular complexity index is 626. The van der Waals surface area contributed by atoms with Crippen LogP contribution in [0.3, 0.4) is 0 Å². The fourth-order valence-corrected chi connectivity index (χ4v) is 3.73. The summed E-state index contributed by atoms with van der Waals surface area (Å²) in [5, 5.41) is 12.9. The zero-order valence-corrected chi connectivity index (χ0v) is 14.2. The smallest absolute Gasteiger partial charge is 0.233 e. The molecule has 1 aliphatic heterocycles. The third kappa shape index (κ3) is 4.13. The van der Waals surface area contributed by atoms with E-state index in [1.807, 2.05) is 28.6 Å². The number of hydrogen-bond acceptors (Lipinski definition) is 5. The van der Waals surface area contributed by atoms with E-state index in [0.29, 0.717) is 11.8 Å². The molecule has 0 saturated carbocycles. The molecule has 7 nitrogen and oxygen atoms in total. The van der Waals surface area contributed by atoms with Gasteiger partial charge in [-0.15, -0.1) is 10.2 Å². The normalized spacial score (nSPS) is 18.3. The molecule has 0 radical (unpaired) electrons. The second-order valence-corrected chi connectivity index (χ2v) is 6.75. The van der Waals surface area contributed by atoms with Crippen molar-refractivity contribution in [1.29, 1.82) is 0 Å². The van der Waals surface area contributed by atoms with Crippen molar-refractivity contribution in [2.75, 3.05) is 12.3 Å². The minimum Gasteiger partial charge on any atom is -0.339 e. The average Bonchev–Trinajstić information content (AvgIpc) is 3.22. The van der Waals surface area contributed by atoms with E-state index in [1.165, 1.54) is 18.2 Å². The van der Waals surface area contributed by atoms with Gasteiger partial charge in [-0.3, -0.25) is 9.48 Å². The summed E-state index contributed by atoms with van der Waals surface area (Å²) < 4.78 is 3.77. The third-order valence-corrected chi connectivity index (χ3v) is 5.21. The molecule has 0 bridgehead atoms. The second-order valence-electron chi connectivity index (χ2n) is 5.81. The van der Waals surface area contributed by atoms with Crippen molar-refractivity contribution >= 4 is 17.7 Å². The summed E-state index contributed by atoms with van der Waals surface area (Å²) in [5.41, 5.74) is 0. The van der Waals surface area contributed by atoms with Crippen molar-refractivity contribution in [2.24, 2.45) is 7.05 Å². The Morgan fingerprint density at radius 3 is 3.09 bits per heavy atom. The molecular formula is C15H22N6OS.